The van der Waals surface area contributed by atoms with Gasteiger partial charge in [0.15, 0.2) is 0 Å². The third kappa shape index (κ3) is 9.94. The van der Waals surface area contributed by atoms with Gasteiger partial charge < -0.3 is 10.5 Å². The highest BCUT2D eigenvalue weighted by atomic mass is 16.5. The minimum atomic E-state index is -0.0555. The first-order valence-electron chi connectivity index (χ1n) is 7.80. The number of esters is 1. The normalized spacial score (nSPS) is 13.3. The first-order chi connectivity index (χ1) is 8.95. The van der Waals surface area contributed by atoms with Crippen molar-refractivity contribution in [1.29, 1.82) is 0 Å². The van der Waals surface area contributed by atoms with Crippen LogP contribution in [0.5, 0.6) is 0 Å². The average molecular weight is 271 g/mol. The monoisotopic (exact) mass is 271 g/mol. The zero-order valence-corrected chi connectivity index (χ0v) is 13.3. The van der Waals surface area contributed by atoms with Crippen LogP contribution in [0.3, 0.4) is 0 Å². The van der Waals surface area contributed by atoms with Gasteiger partial charge in [0.1, 0.15) is 0 Å². The molecule has 0 aromatic heterocycles. The van der Waals surface area contributed by atoms with Gasteiger partial charge in [-0.05, 0) is 37.1 Å². The second-order valence-electron chi connectivity index (χ2n) is 6.30. The summed E-state index contributed by atoms with van der Waals surface area (Å²) in [6, 6.07) is 0. The zero-order valence-electron chi connectivity index (χ0n) is 13.3. The first-order valence-corrected chi connectivity index (χ1v) is 7.80. The molecule has 0 fully saturated rings. The molecule has 1 atom stereocenters. The van der Waals surface area contributed by atoms with E-state index in [1.165, 1.54) is 19.3 Å². The van der Waals surface area contributed by atoms with Crippen LogP contribution in [0.4, 0.5) is 0 Å². The summed E-state index contributed by atoms with van der Waals surface area (Å²) in [6.45, 7) is 9.94. The van der Waals surface area contributed by atoms with Gasteiger partial charge >= 0.3 is 5.97 Å². The molecule has 0 aliphatic heterocycles. The summed E-state index contributed by atoms with van der Waals surface area (Å²) in [5, 5.41) is 0. The fraction of sp³-hybridized carbons (Fsp3) is 0.938. The number of carbonyl (C=O) groups is 1. The van der Waals surface area contributed by atoms with Gasteiger partial charge in [-0.25, -0.2) is 0 Å². The Hall–Kier alpha value is -0.570. The van der Waals surface area contributed by atoms with E-state index in [1.54, 1.807) is 0 Å². The Balaban J connectivity index is 3.85. The summed E-state index contributed by atoms with van der Waals surface area (Å²) in [6.07, 6.45) is 7.00. The summed E-state index contributed by atoms with van der Waals surface area (Å²) >= 11 is 0. The van der Waals surface area contributed by atoms with Gasteiger partial charge in [0.2, 0.25) is 0 Å². The van der Waals surface area contributed by atoms with Crippen LogP contribution in [0.1, 0.15) is 72.6 Å². The third-order valence-corrected chi connectivity index (χ3v) is 3.85. The van der Waals surface area contributed by atoms with E-state index in [0.717, 1.165) is 19.3 Å². The van der Waals surface area contributed by atoms with Crippen LogP contribution >= 0.6 is 0 Å². The molecular formula is C16H33NO2. The van der Waals surface area contributed by atoms with Crippen molar-refractivity contribution in [1.82, 2.24) is 0 Å². The van der Waals surface area contributed by atoms with Gasteiger partial charge in [-0.1, -0.05) is 47.0 Å². The van der Waals surface area contributed by atoms with Gasteiger partial charge in [-0.3, -0.25) is 4.79 Å². The quantitative estimate of drug-likeness (QED) is 0.580. The van der Waals surface area contributed by atoms with Gasteiger partial charge in [-0.2, -0.15) is 0 Å². The molecule has 0 saturated carbocycles. The molecule has 0 spiro atoms. The SMILES string of the molecule is CCCCC(CC)COC(=O)CCC(C)(C)CCN. The highest BCUT2D eigenvalue weighted by molar-refractivity contribution is 5.69. The van der Waals surface area contributed by atoms with Gasteiger partial charge in [0.05, 0.1) is 6.61 Å². The Labute approximate surface area is 119 Å². The highest BCUT2D eigenvalue weighted by Crippen LogP contribution is 2.26. The van der Waals surface area contributed by atoms with Crippen LogP contribution < -0.4 is 5.73 Å². The fourth-order valence-corrected chi connectivity index (χ4v) is 2.14. The molecule has 114 valence electrons. The van der Waals surface area contributed by atoms with Gasteiger partial charge in [-0.15, -0.1) is 0 Å². The second-order valence-corrected chi connectivity index (χ2v) is 6.30. The number of nitrogens with two attached hydrogens (primary N) is 1. The van der Waals surface area contributed by atoms with Crippen molar-refractivity contribution in [2.45, 2.75) is 72.6 Å². The lowest BCUT2D eigenvalue weighted by molar-refractivity contribution is -0.145. The smallest absolute Gasteiger partial charge is 0.305 e. The van der Waals surface area contributed by atoms with E-state index in [4.69, 9.17) is 10.5 Å². The minimum Gasteiger partial charge on any atom is -0.465 e. The molecule has 0 heterocycles. The van der Waals surface area contributed by atoms with Crippen LogP contribution in [0.15, 0.2) is 0 Å². The van der Waals surface area contributed by atoms with E-state index >= 15 is 0 Å². The number of hydrogen-bond acceptors (Lipinski definition) is 3. The number of hydrogen-bond donors (Lipinski definition) is 1. The molecule has 3 heteroatoms. The fourth-order valence-electron chi connectivity index (χ4n) is 2.14. The van der Waals surface area contributed by atoms with Crippen LogP contribution in [0, 0.1) is 11.3 Å². The number of ether oxygens (including phenoxy) is 1. The van der Waals surface area contributed by atoms with Crippen molar-refractivity contribution in [3.63, 3.8) is 0 Å². The molecule has 3 nitrogen and oxygen atoms in total. The first kappa shape index (κ1) is 18.4. The predicted octanol–water partition coefficient (Wildman–Crippen LogP) is 3.90. The molecule has 0 aromatic rings. The highest BCUT2D eigenvalue weighted by Gasteiger charge is 2.19. The molecule has 0 rings (SSSR count). The van der Waals surface area contributed by atoms with Crippen molar-refractivity contribution >= 4 is 5.97 Å². The lowest BCUT2D eigenvalue weighted by atomic mass is 9.84. The molecule has 0 aliphatic rings. The molecule has 0 aliphatic carbocycles. The van der Waals surface area contributed by atoms with E-state index in [0.29, 0.717) is 25.5 Å². The summed E-state index contributed by atoms with van der Waals surface area (Å²) in [5.74, 6) is 0.473. The van der Waals surface area contributed by atoms with Crippen molar-refractivity contribution in [3.8, 4) is 0 Å². The largest absolute Gasteiger partial charge is 0.465 e. The number of unbranched alkanes of at least 4 members (excludes halogenated alkanes) is 1. The lowest BCUT2D eigenvalue weighted by Gasteiger charge is -2.23. The molecule has 0 bridgehead atoms. The minimum absolute atomic E-state index is 0.0555. The molecular weight excluding hydrogens is 238 g/mol. The molecule has 0 saturated heterocycles. The van der Waals surface area contributed by atoms with Crippen molar-refractivity contribution in [2.75, 3.05) is 13.2 Å². The second kappa shape index (κ2) is 10.2. The summed E-state index contributed by atoms with van der Waals surface area (Å²) in [5.41, 5.74) is 5.71. The Morgan fingerprint density at radius 1 is 1.26 bits per heavy atom. The molecule has 0 aromatic carbocycles. The summed E-state index contributed by atoms with van der Waals surface area (Å²) < 4.78 is 5.40. The third-order valence-electron chi connectivity index (χ3n) is 3.85. The Morgan fingerprint density at radius 2 is 1.95 bits per heavy atom. The van der Waals surface area contributed by atoms with Gasteiger partial charge in [0, 0.05) is 6.42 Å². The Kier molecular flexibility index (Phi) is 9.94. The van der Waals surface area contributed by atoms with E-state index in [1.807, 2.05) is 0 Å². The number of carbonyl (C=O) groups excluding carboxylic acids is 1. The van der Waals surface area contributed by atoms with E-state index in [-0.39, 0.29) is 11.4 Å². The molecule has 1 unspecified atom stereocenters. The Bertz CT molecular complexity index is 239. The lowest BCUT2D eigenvalue weighted by Crippen LogP contribution is -2.20. The maximum atomic E-state index is 11.7. The molecule has 0 radical (unpaired) electrons. The van der Waals surface area contributed by atoms with Gasteiger partial charge in [0.25, 0.3) is 0 Å². The van der Waals surface area contributed by atoms with Crippen molar-refractivity contribution in [3.05, 3.63) is 0 Å². The Morgan fingerprint density at radius 3 is 2.47 bits per heavy atom. The van der Waals surface area contributed by atoms with Crippen LogP contribution in [0.2, 0.25) is 0 Å². The van der Waals surface area contributed by atoms with E-state index in [2.05, 4.69) is 27.7 Å². The summed E-state index contributed by atoms with van der Waals surface area (Å²) in [7, 11) is 0. The zero-order chi connectivity index (χ0) is 14.7. The predicted molar refractivity (Wildman–Crippen MR) is 81.0 cm³/mol. The number of rotatable bonds is 11. The van der Waals surface area contributed by atoms with Crippen LogP contribution in [0.25, 0.3) is 0 Å². The van der Waals surface area contributed by atoms with Crippen molar-refractivity contribution < 1.29 is 9.53 Å². The van der Waals surface area contributed by atoms with Crippen LogP contribution in [-0.4, -0.2) is 19.1 Å². The standard InChI is InChI=1S/C16H33NO2/c1-5-7-8-14(6-2)13-19-15(18)9-10-16(3,4)11-12-17/h14H,5-13,17H2,1-4H3. The molecule has 2 N–H and O–H groups in total. The van der Waals surface area contributed by atoms with Crippen LogP contribution in [-0.2, 0) is 9.53 Å². The topological polar surface area (TPSA) is 52.3 Å². The van der Waals surface area contributed by atoms with Crippen molar-refractivity contribution in [2.24, 2.45) is 17.1 Å². The maximum Gasteiger partial charge on any atom is 0.305 e. The van der Waals surface area contributed by atoms with E-state index < -0.39 is 0 Å². The van der Waals surface area contributed by atoms with E-state index in [9.17, 15) is 4.79 Å². The maximum absolute atomic E-state index is 11.7. The molecule has 19 heavy (non-hydrogen) atoms. The molecule has 0 amide bonds. The summed E-state index contributed by atoms with van der Waals surface area (Å²) in [4.78, 5) is 11.7. The average Bonchev–Trinajstić information content (AvgIpc) is 2.36.